The summed E-state index contributed by atoms with van der Waals surface area (Å²) in [6, 6.07) is 27.5. The van der Waals surface area contributed by atoms with Crippen molar-refractivity contribution in [2.45, 2.75) is 57.5 Å². The fourth-order valence-corrected chi connectivity index (χ4v) is 6.41. The van der Waals surface area contributed by atoms with Crippen molar-refractivity contribution in [2.75, 3.05) is 26.7 Å². The summed E-state index contributed by atoms with van der Waals surface area (Å²) in [5.41, 5.74) is 4.89. The lowest BCUT2D eigenvalue weighted by Crippen LogP contribution is -2.45. The van der Waals surface area contributed by atoms with E-state index in [0.717, 1.165) is 50.3 Å². The van der Waals surface area contributed by atoms with E-state index in [1.54, 1.807) is 7.11 Å². The van der Waals surface area contributed by atoms with E-state index in [2.05, 4.69) is 53.1 Å². The number of rotatable bonds is 8. The molecule has 1 aliphatic carbocycles. The Kier molecular flexibility index (Phi) is 8.25. The van der Waals surface area contributed by atoms with Crippen LogP contribution >= 0.6 is 0 Å². The number of hydrogen-bond acceptors (Lipinski definition) is 3. The summed E-state index contributed by atoms with van der Waals surface area (Å²) in [5.74, 6) is 1.90. The lowest BCUT2D eigenvalue weighted by atomic mass is 9.85. The molecule has 0 aromatic heterocycles. The summed E-state index contributed by atoms with van der Waals surface area (Å²) in [5, 5.41) is 0. The fraction of sp³-hybridized carbons (Fsp3) is 0.424. The van der Waals surface area contributed by atoms with Gasteiger partial charge in [0.1, 0.15) is 5.75 Å². The maximum absolute atomic E-state index is 13.9. The molecule has 2 atom stereocenters. The first-order valence-electron chi connectivity index (χ1n) is 13.9. The average molecular weight is 497 g/mol. The normalized spacial score (nSPS) is 20.6. The number of amides is 1. The van der Waals surface area contributed by atoms with Crippen LogP contribution in [0, 0.1) is 12.8 Å². The van der Waals surface area contributed by atoms with Crippen LogP contribution in [-0.2, 0) is 6.54 Å². The SMILES string of the molecule is COc1ccc(CN2CC(CN(C(=O)c3ccccc3)C3CCCCC3)C(c3ccccc3C)C2)cc1. The Balaban J connectivity index is 1.41. The molecule has 2 unspecified atom stereocenters. The van der Waals surface area contributed by atoms with Crippen molar-refractivity contribution >= 4 is 5.91 Å². The van der Waals surface area contributed by atoms with Crippen LogP contribution in [0.4, 0.5) is 0 Å². The molecule has 1 saturated heterocycles. The van der Waals surface area contributed by atoms with Crippen LogP contribution in [0.3, 0.4) is 0 Å². The van der Waals surface area contributed by atoms with Gasteiger partial charge in [0.2, 0.25) is 0 Å². The molecule has 3 aromatic carbocycles. The first-order valence-corrected chi connectivity index (χ1v) is 13.9. The van der Waals surface area contributed by atoms with Crippen molar-refractivity contribution in [3.8, 4) is 5.75 Å². The Bertz CT molecular complexity index is 1150. The summed E-state index contributed by atoms with van der Waals surface area (Å²) >= 11 is 0. The molecule has 1 aliphatic heterocycles. The third kappa shape index (κ3) is 6.07. The zero-order chi connectivity index (χ0) is 25.6. The summed E-state index contributed by atoms with van der Waals surface area (Å²) in [6.07, 6.45) is 5.97. The number of benzene rings is 3. The predicted molar refractivity (Wildman–Crippen MR) is 150 cm³/mol. The van der Waals surface area contributed by atoms with Gasteiger partial charge in [-0.1, -0.05) is 73.9 Å². The highest BCUT2D eigenvalue weighted by molar-refractivity contribution is 5.94. The van der Waals surface area contributed by atoms with Gasteiger partial charge in [-0.05, 0) is 66.6 Å². The monoisotopic (exact) mass is 496 g/mol. The van der Waals surface area contributed by atoms with Crippen molar-refractivity contribution in [2.24, 2.45) is 5.92 Å². The molecule has 1 amide bonds. The minimum absolute atomic E-state index is 0.199. The molecule has 0 radical (unpaired) electrons. The lowest BCUT2D eigenvalue weighted by Gasteiger charge is -2.37. The number of carbonyl (C=O) groups excluding carboxylic acids is 1. The van der Waals surface area contributed by atoms with E-state index in [0.29, 0.717) is 17.9 Å². The van der Waals surface area contributed by atoms with E-state index >= 15 is 0 Å². The van der Waals surface area contributed by atoms with Crippen LogP contribution in [0.5, 0.6) is 5.75 Å². The van der Waals surface area contributed by atoms with Gasteiger partial charge < -0.3 is 9.64 Å². The minimum atomic E-state index is 0.199. The highest BCUT2D eigenvalue weighted by atomic mass is 16.5. The molecule has 0 spiro atoms. The summed E-state index contributed by atoms with van der Waals surface area (Å²) in [6.45, 7) is 5.97. The fourth-order valence-electron chi connectivity index (χ4n) is 6.41. The Morgan fingerprint density at radius 2 is 1.59 bits per heavy atom. The standard InChI is InChI=1S/C33H40N2O2/c1-25-11-9-10-16-31(25)32-24-34(21-26-17-19-30(37-2)20-18-26)22-28(32)23-35(29-14-7-4-8-15-29)33(36)27-12-5-3-6-13-27/h3,5-6,9-13,16-20,28-29,32H,4,7-8,14-15,21-24H2,1-2H3. The smallest absolute Gasteiger partial charge is 0.254 e. The molecule has 1 saturated carbocycles. The van der Waals surface area contributed by atoms with Crippen LogP contribution in [0.1, 0.15) is 65.1 Å². The molecule has 194 valence electrons. The molecule has 37 heavy (non-hydrogen) atoms. The van der Waals surface area contributed by atoms with Gasteiger partial charge in [0.15, 0.2) is 0 Å². The van der Waals surface area contributed by atoms with Crippen LogP contribution in [0.15, 0.2) is 78.9 Å². The lowest BCUT2D eigenvalue weighted by molar-refractivity contribution is 0.0588. The molecule has 5 rings (SSSR count). The zero-order valence-electron chi connectivity index (χ0n) is 22.3. The molecule has 0 bridgehead atoms. The zero-order valence-corrected chi connectivity index (χ0v) is 22.3. The maximum Gasteiger partial charge on any atom is 0.254 e. The van der Waals surface area contributed by atoms with E-state index in [4.69, 9.17) is 4.74 Å². The van der Waals surface area contributed by atoms with Crippen molar-refractivity contribution in [1.29, 1.82) is 0 Å². The molecule has 3 aromatic rings. The second kappa shape index (κ2) is 12.0. The van der Waals surface area contributed by atoms with E-state index < -0.39 is 0 Å². The number of hydrogen-bond donors (Lipinski definition) is 0. The van der Waals surface area contributed by atoms with Gasteiger partial charge in [0, 0.05) is 43.7 Å². The van der Waals surface area contributed by atoms with Gasteiger partial charge in [0.05, 0.1) is 7.11 Å². The highest BCUT2D eigenvalue weighted by Crippen LogP contribution is 2.37. The second-order valence-electron chi connectivity index (χ2n) is 10.9. The van der Waals surface area contributed by atoms with E-state index in [-0.39, 0.29) is 5.91 Å². The van der Waals surface area contributed by atoms with Crippen LogP contribution in [0.2, 0.25) is 0 Å². The predicted octanol–water partition coefficient (Wildman–Crippen LogP) is 6.69. The largest absolute Gasteiger partial charge is 0.497 e. The van der Waals surface area contributed by atoms with Crippen molar-refractivity contribution < 1.29 is 9.53 Å². The quantitative estimate of drug-likeness (QED) is 0.348. The Labute approximate surface area is 222 Å². The molecular formula is C33H40N2O2. The molecule has 1 heterocycles. The molecule has 2 fully saturated rings. The van der Waals surface area contributed by atoms with Crippen LogP contribution in [-0.4, -0.2) is 48.5 Å². The van der Waals surface area contributed by atoms with Crippen LogP contribution < -0.4 is 4.74 Å². The van der Waals surface area contributed by atoms with E-state index in [1.807, 2.05) is 42.5 Å². The number of ether oxygens (including phenoxy) is 1. The van der Waals surface area contributed by atoms with Gasteiger partial charge in [-0.3, -0.25) is 9.69 Å². The van der Waals surface area contributed by atoms with Gasteiger partial charge in [-0.15, -0.1) is 0 Å². The summed E-state index contributed by atoms with van der Waals surface area (Å²) in [4.78, 5) is 18.7. The van der Waals surface area contributed by atoms with Gasteiger partial charge in [-0.25, -0.2) is 0 Å². The van der Waals surface area contributed by atoms with Gasteiger partial charge >= 0.3 is 0 Å². The molecule has 4 nitrogen and oxygen atoms in total. The second-order valence-corrected chi connectivity index (χ2v) is 10.9. The van der Waals surface area contributed by atoms with Crippen molar-refractivity contribution in [1.82, 2.24) is 9.80 Å². The maximum atomic E-state index is 13.9. The number of aryl methyl sites for hydroxylation is 1. The number of carbonyl (C=O) groups is 1. The third-order valence-electron chi connectivity index (χ3n) is 8.40. The van der Waals surface area contributed by atoms with Crippen molar-refractivity contribution in [3.05, 3.63) is 101 Å². The van der Waals surface area contributed by atoms with E-state index in [9.17, 15) is 4.79 Å². The van der Waals surface area contributed by atoms with Gasteiger partial charge in [-0.2, -0.15) is 0 Å². The first kappa shape index (κ1) is 25.5. The number of methoxy groups -OCH3 is 1. The van der Waals surface area contributed by atoms with Gasteiger partial charge in [0.25, 0.3) is 5.91 Å². The first-order chi connectivity index (χ1) is 18.1. The Morgan fingerprint density at radius 3 is 2.30 bits per heavy atom. The molecule has 2 aliphatic rings. The highest BCUT2D eigenvalue weighted by Gasteiger charge is 2.38. The topological polar surface area (TPSA) is 32.8 Å². The minimum Gasteiger partial charge on any atom is -0.497 e. The van der Waals surface area contributed by atoms with E-state index in [1.165, 1.54) is 36.0 Å². The van der Waals surface area contributed by atoms with Crippen molar-refractivity contribution in [3.63, 3.8) is 0 Å². The average Bonchev–Trinajstić information content (AvgIpc) is 3.34. The molecule has 4 heteroatoms. The summed E-state index contributed by atoms with van der Waals surface area (Å²) < 4.78 is 5.35. The molecular weight excluding hydrogens is 456 g/mol. The number of likely N-dealkylation sites (tertiary alicyclic amines) is 1. The third-order valence-corrected chi connectivity index (χ3v) is 8.40. The Morgan fingerprint density at radius 1 is 0.892 bits per heavy atom. The van der Waals surface area contributed by atoms with Crippen LogP contribution in [0.25, 0.3) is 0 Å². The summed E-state index contributed by atoms with van der Waals surface area (Å²) in [7, 11) is 1.71. The Hall–Kier alpha value is -3.11. The molecule has 0 N–H and O–H groups in total. The number of nitrogens with zero attached hydrogens (tertiary/aromatic N) is 2.